The first kappa shape index (κ1) is 25.2. The highest BCUT2D eigenvalue weighted by Crippen LogP contribution is 2.32. The molecule has 0 aromatic carbocycles. The summed E-state index contributed by atoms with van der Waals surface area (Å²) < 4.78 is 7.43. The molecule has 0 aliphatic carbocycles. The van der Waals surface area contributed by atoms with Crippen molar-refractivity contribution in [1.82, 2.24) is 29.8 Å². The number of pyridine rings is 1. The normalized spacial score (nSPS) is 22.2. The number of fused-ring (bicyclic) bond motifs is 1. The fraction of sp³-hybridized carbons (Fsp3) is 0.476. The third kappa shape index (κ3) is 5.05. The van der Waals surface area contributed by atoms with Crippen molar-refractivity contribution in [3.63, 3.8) is 0 Å². The molecule has 15 nitrogen and oxygen atoms in total. The molecular formula is C21H27N11O4. The first-order valence-electron chi connectivity index (χ1n) is 11.1. The van der Waals surface area contributed by atoms with Gasteiger partial charge in [-0.1, -0.05) is 5.11 Å². The van der Waals surface area contributed by atoms with E-state index in [1.165, 1.54) is 12.7 Å². The standard InChI is InChI=1S/C21H27N11O4/c1-31(2)18-16-19(26-9-25-18)32(10-27-16)21-17(34)15(14(8-33)36-21)29-20(35)13(22)6-11-3-4-24-12(5-11)7-28-30-23/h3-5,9-10,13-15,17,21,33-34H,6-8,22H2,1-2H3,(H,29,35)/t13-,14+,15+,17+,21+/m0/s1. The van der Waals surface area contributed by atoms with E-state index in [0.29, 0.717) is 22.7 Å². The maximum Gasteiger partial charge on any atom is 0.237 e. The van der Waals surface area contributed by atoms with Crippen molar-refractivity contribution >= 4 is 22.9 Å². The number of hydrogen-bond acceptors (Lipinski definition) is 11. The van der Waals surface area contributed by atoms with Gasteiger partial charge in [-0.05, 0) is 29.6 Å². The van der Waals surface area contributed by atoms with Crippen molar-refractivity contribution in [1.29, 1.82) is 0 Å². The first-order valence-corrected chi connectivity index (χ1v) is 11.1. The molecule has 5 atom stereocenters. The molecule has 3 aromatic heterocycles. The van der Waals surface area contributed by atoms with Crippen LogP contribution in [0, 0.1) is 0 Å². The second-order valence-corrected chi connectivity index (χ2v) is 8.54. The molecule has 36 heavy (non-hydrogen) atoms. The van der Waals surface area contributed by atoms with E-state index in [2.05, 4.69) is 35.3 Å². The van der Waals surface area contributed by atoms with Gasteiger partial charge in [0.25, 0.3) is 0 Å². The van der Waals surface area contributed by atoms with Crippen LogP contribution in [-0.4, -0.2) is 85.6 Å². The highest BCUT2D eigenvalue weighted by atomic mass is 16.5. The summed E-state index contributed by atoms with van der Waals surface area (Å²) in [6.07, 6.45) is 1.53. The second kappa shape index (κ2) is 10.8. The van der Waals surface area contributed by atoms with Gasteiger partial charge in [0, 0.05) is 30.9 Å². The van der Waals surface area contributed by atoms with E-state index in [0.717, 1.165) is 5.56 Å². The van der Waals surface area contributed by atoms with Crippen molar-refractivity contribution in [2.24, 2.45) is 10.8 Å². The number of aliphatic hydroxyl groups is 2. The average molecular weight is 498 g/mol. The van der Waals surface area contributed by atoms with Crippen LogP contribution in [0.5, 0.6) is 0 Å². The molecule has 0 spiro atoms. The molecule has 3 aromatic rings. The van der Waals surface area contributed by atoms with Gasteiger partial charge in [-0.2, -0.15) is 0 Å². The minimum absolute atomic E-state index is 0.0842. The highest BCUT2D eigenvalue weighted by molar-refractivity contribution is 5.83. The van der Waals surface area contributed by atoms with E-state index in [1.807, 2.05) is 14.1 Å². The molecule has 1 amide bonds. The van der Waals surface area contributed by atoms with E-state index < -0.39 is 43.0 Å². The van der Waals surface area contributed by atoms with Gasteiger partial charge in [0.15, 0.2) is 23.2 Å². The lowest BCUT2D eigenvalue weighted by Gasteiger charge is -2.23. The third-order valence-corrected chi connectivity index (χ3v) is 5.87. The number of azide groups is 1. The Kier molecular flexibility index (Phi) is 7.57. The van der Waals surface area contributed by atoms with Gasteiger partial charge in [-0.25, -0.2) is 15.0 Å². The molecule has 1 aliphatic rings. The summed E-state index contributed by atoms with van der Waals surface area (Å²) in [6, 6.07) is 1.54. The van der Waals surface area contributed by atoms with Crippen molar-refractivity contribution < 1.29 is 19.7 Å². The molecule has 5 N–H and O–H groups in total. The van der Waals surface area contributed by atoms with E-state index in [-0.39, 0.29) is 13.0 Å². The molecular weight excluding hydrogens is 470 g/mol. The van der Waals surface area contributed by atoms with Crippen molar-refractivity contribution in [3.8, 4) is 0 Å². The van der Waals surface area contributed by atoms with Gasteiger partial charge in [0.2, 0.25) is 5.91 Å². The van der Waals surface area contributed by atoms with Crippen LogP contribution in [0.2, 0.25) is 0 Å². The van der Waals surface area contributed by atoms with Crippen LogP contribution in [0.25, 0.3) is 21.6 Å². The highest BCUT2D eigenvalue weighted by Gasteiger charge is 2.46. The number of amides is 1. The molecule has 4 heterocycles. The number of ether oxygens (including phenoxy) is 1. The zero-order valence-corrected chi connectivity index (χ0v) is 19.7. The fourth-order valence-corrected chi connectivity index (χ4v) is 4.12. The Labute approximate surface area is 205 Å². The SMILES string of the molecule is CN(C)c1ncnc2c1ncn2[C@@H]1O[C@H](CO)[C@@H](NC(=O)[C@@H](N)Cc2ccnc(CN=[N+]=[N-])c2)[C@H]1O. The topological polar surface area (TPSA) is 213 Å². The largest absolute Gasteiger partial charge is 0.394 e. The number of nitrogens with zero attached hydrogens (tertiary/aromatic N) is 9. The smallest absolute Gasteiger partial charge is 0.237 e. The minimum Gasteiger partial charge on any atom is -0.394 e. The molecule has 0 radical (unpaired) electrons. The predicted octanol–water partition coefficient (Wildman–Crippen LogP) is -0.597. The minimum atomic E-state index is -1.22. The van der Waals surface area contributed by atoms with Gasteiger partial charge in [0.1, 0.15) is 18.5 Å². The van der Waals surface area contributed by atoms with E-state index >= 15 is 0 Å². The molecule has 1 fully saturated rings. The number of rotatable bonds is 9. The summed E-state index contributed by atoms with van der Waals surface area (Å²) in [5.41, 5.74) is 16.8. The van der Waals surface area contributed by atoms with Crippen molar-refractivity contribution in [2.45, 2.75) is 43.5 Å². The number of imidazole rings is 1. The number of nitrogens with two attached hydrogens (primary N) is 1. The number of nitrogens with one attached hydrogen (secondary N) is 1. The molecule has 0 bridgehead atoms. The lowest BCUT2D eigenvalue weighted by molar-refractivity contribution is -0.124. The van der Waals surface area contributed by atoms with Crippen LogP contribution in [0.3, 0.4) is 0 Å². The number of carbonyl (C=O) groups excluding carboxylic acids is 1. The number of carbonyl (C=O) groups is 1. The van der Waals surface area contributed by atoms with Crippen LogP contribution in [0.15, 0.2) is 36.1 Å². The van der Waals surface area contributed by atoms with Gasteiger partial charge in [-0.3, -0.25) is 14.3 Å². The van der Waals surface area contributed by atoms with E-state index in [1.54, 1.807) is 27.8 Å². The van der Waals surface area contributed by atoms with Gasteiger partial charge < -0.3 is 30.9 Å². The molecule has 0 saturated carbocycles. The molecule has 1 aliphatic heterocycles. The Morgan fingerprint density at radius 3 is 2.92 bits per heavy atom. The zero-order chi connectivity index (χ0) is 25.8. The Hall–Kier alpha value is -3.88. The van der Waals surface area contributed by atoms with Gasteiger partial charge in [-0.15, -0.1) is 0 Å². The summed E-state index contributed by atoms with van der Waals surface area (Å²) >= 11 is 0. The Bertz CT molecular complexity index is 1280. The summed E-state index contributed by atoms with van der Waals surface area (Å²) in [4.78, 5) is 34.3. The van der Waals surface area contributed by atoms with E-state index in [9.17, 15) is 15.0 Å². The predicted molar refractivity (Wildman–Crippen MR) is 127 cm³/mol. The van der Waals surface area contributed by atoms with Crippen LogP contribution in [0.4, 0.5) is 5.82 Å². The summed E-state index contributed by atoms with van der Waals surface area (Å²) in [6.45, 7) is -0.355. The van der Waals surface area contributed by atoms with Crippen molar-refractivity contribution in [3.05, 3.63) is 52.7 Å². The van der Waals surface area contributed by atoms with Crippen LogP contribution in [-0.2, 0) is 22.5 Å². The lowest BCUT2D eigenvalue weighted by Crippen LogP contribution is -2.53. The van der Waals surface area contributed by atoms with Crippen LogP contribution in [0.1, 0.15) is 17.5 Å². The van der Waals surface area contributed by atoms with Crippen molar-refractivity contribution in [2.75, 3.05) is 25.6 Å². The van der Waals surface area contributed by atoms with Crippen LogP contribution < -0.4 is 16.0 Å². The Morgan fingerprint density at radius 2 is 2.19 bits per heavy atom. The molecule has 0 unspecified atom stereocenters. The molecule has 15 heteroatoms. The number of anilines is 1. The van der Waals surface area contributed by atoms with Crippen LogP contribution >= 0.6 is 0 Å². The third-order valence-electron chi connectivity index (χ3n) is 5.87. The maximum atomic E-state index is 12.9. The lowest BCUT2D eigenvalue weighted by atomic mass is 10.0. The first-order chi connectivity index (χ1) is 17.3. The quantitative estimate of drug-likeness (QED) is 0.167. The second-order valence-electron chi connectivity index (χ2n) is 8.54. The monoisotopic (exact) mass is 497 g/mol. The Balaban J connectivity index is 1.48. The molecule has 1 saturated heterocycles. The zero-order valence-electron chi connectivity index (χ0n) is 19.7. The number of aliphatic hydroxyl groups excluding tert-OH is 2. The molecule has 4 rings (SSSR count). The van der Waals surface area contributed by atoms with E-state index in [4.69, 9.17) is 16.0 Å². The summed E-state index contributed by atoms with van der Waals surface area (Å²) in [7, 11) is 3.65. The summed E-state index contributed by atoms with van der Waals surface area (Å²) in [5, 5.41) is 27.1. The number of hydrogen-bond donors (Lipinski definition) is 4. The summed E-state index contributed by atoms with van der Waals surface area (Å²) in [5.74, 6) is 0.0716. The van der Waals surface area contributed by atoms with Gasteiger partial charge >= 0.3 is 0 Å². The van der Waals surface area contributed by atoms with Gasteiger partial charge in [0.05, 0.1) is 31.6 Å². The maximum absolute atomic E-state index is 12.9. The average Bonchev–Trinajstić information content (AvgIpc) is 3.43. The fourth-order valence-electron chi connectivity index (χ4n) is 4.12. The Morgan fingerprint density at radius 1 is 1.39 bits per heavy atom. The number of aromatic nitrogens is 5. The molecule has 190 valence electrons.